The number of carbonyl (C=O) groups is 1. The molecule has 1 N–H and O–H groups in total. The summed E-state index contributed by atoms with van der Waals surface area (Å²) in [5.41, 5.74) is 7.01. The number of rotatable bonds is 7. The highest BCUT2D eigenvalue weighted by Crippen LogP contribution is 2.25. The van der Waals surface area contributed by atoms with Crippen LogP contribution < -0.4 is 10.1 Å². The summed E-state index contributed by atoms with van der Waals surface area (Å²) in [5, 5.41) is 7.38. The minimum atomic E-state index is -4.75. The summed E-state index contributed by atoms with van der Waals surface area (Å²) in [4.78, 5) is 17.5. The van der Waals surface area contributed by atoms with Gasteiger partial charge >= 0.3 is 6.36 Å². The molecule has 0 atom stereocenters. The number of amides is 1. The number of aryl methyl sites for hydroxylation is 2. The molecular weight excluding hydrogens is 517 g/mol. The SMILES string of the molecule is Cc1cccc(C)c1Cc1ccccc1C(=O)Nc1ccc(-c2ncn(-c3ccc(OC(F)(F)F)cc3)n2)cc1. The van der Waals surface area contributed by atoms with Gasteiger partial charge in [-0.1, -0.05) is 36.4 Å². The standard InChI is InChI=1S/C31H25F3N4O2/c1-20-6-5-7-21(2)28(20)18-23-8-3-4-9-27(23)30(39)36-24-12-10-22(11-13-24)29-35-19-38(37-29)25-14-16-26(17-15-25)40-31(32,33)34/h3-17,19H,18H2,1-2H3,(H,36,39). The number of carbonyl (C=O) groups excluding carboxylic acids is 1. The lowest BCUT2D eigenvalue weighted by atomic mass is 9.93. The number of hydrogen-bond donors (Lipinski definition) is 1. The van der Waals surface area contributed by atoms with Crippen LogP contribution >= 0.6 is 0 Å². The Bertz CT molecular complexity index is 1620. The fourth-order valence-electron chi connectivity index (χ4n) is 4.44. The quantitative estimate of drug-likeness (QED) is 0.234. The molecule has 4 aromatic carbocycles. The molecule has 0 fully saturated rings. The largest absolute Gasteiger partial charge is 0.573 e. The third-order valence-electron chi connectivity index (χ3n) is 6.50. The van der Waals surface area contributed by atoms with Crippen LogP contribution in [0.5, 0.6) is 5.75 Å². The summed E-state index contributed by atoms with van der Waals surface area (Å²) in [6.45, 7) is 4.15. The Morgan fingerprint density at radius 3 is 2.23 bits per heavy atom. The Morgan fingerprint density at radius 2 is 1.55 bits per heavy atom. The summed E-state index contributed by atoms with van der Waals surface area (Å²) in [6, 6.07) is 26.2. The Kier molecular flexibility index (Phi) is 7.37. The highest BCUT2D eigenvalue weighted by atomic mass is 19.4. The van der Waals surface area contributed by atoms with E-state index in [1.165, 1.54) is 52.0 Å². The smallest absolute Gasteiger partial charge is 0.406 e. The molecule has 6 nitrogen and oxygen atoms in total. The molecule has 5 aromatic rings. The average molecular weight is 543 g/mol. The molecule has 1 aromatic heterocycles. The maximum atomic E-state index is 13.2. The molecular formula is C31H25F3N4O2. The maximum absolute atomic E-state index is 13.2. The normalized spacial score (nSPS) is 11.3. The van der Waals surface area contributed by atoms with Crippen molar-refractivity contribution in [3.63, 3.8) is 0 Å². The number of benzene rings is 4. The van der Waals surface area contributed by atoms with Gasteiger partial charge in [-0.05, 0) is 97.1 Å². The predicted molar refractivity (Wildman–Crippen MR) is 147 cm³/mol. The van der Waals surface area contributed by atoms with Gasteiger partial charge in [0.1, 0.15) is 12.1 Å². The summed E-state index contributed by atoms with van der Waals surface area (Å²) >= 11 is 0. The number of anilines is 1. The summed E-state index contributed by atoms with van der Waals surface area (Å²) in [6.07, 6.45) is -2.62. The third-order valence-corrected chi connectivity index (χ3v) is 6.50. The number of aromatic nitrogens is 3. The Hall–Kier alpha value is -4.92. The van der Waals surface area contributed by atoms with Gasteiger partial charge in [-0.3, -0.25) is 4.79 Å². The van der Waals surface area contributed by atoms with Gasteiger partial charge in [0.2, 0.25) is 0 Å². The zero-order chi connectivity index (χ0) is 28.3. The van der Waals surface area contributed by atoms with Gasteiger partial charge in [-0.25, -0.2) is 9.67 Å². The lowest BCUT2D eigenvalue weighted by Gasteiger charge is -2.14. The molecule has 0 saturated heterocycles. The fraction of sp³-hybridized carbons (Fsp3) is 0.129. The Morgan fingerprint density at radius 1 is 0.875 bits per heavy atom. The molecule has 0 radical (unpaired) electrons. The molecule has 0 unspecified atom stereocenters. The van der Waals surface area contributed by atoms with Gasteiger partial charge in [0.25, 0.3) is 5.91 Å². The third kappa shape index (κ3) is 6.20. The first-order valence-electron chi connectivity index (χ1n) is 12.5. The lowest BCUT2D eigenvalue weighted by molar-refractivity contribution is -0.274. The summed E-state index contributed by atoms with van der Waals surface area (Å²) in [7, 11) is 0. The van der Waals surface area contributed by atoms with E-state index in [1.807, 2.05) is 30.3 Å². The second kappa shape index (κ2) is 11.1. The van der Waals surface area contributed by atoms with Crippen LogP contribution in [-0.2, 0) is 6.42 Å². The van der Waals surface area contributed by atoms with E-state index in [-0.39, 0.29) is 11.7 Å². The molecule has 40 heavy (non-hydrogen) atoms. The van der Waals surface area contributed by atoms with E-state index in [9.17, 15) is 18.0 Å². The summed E-state index contributed by atoms with van der Waals surface area (Å²) in [5.74, 6) is -0.0930. The van der Waals surface area contributed by atoms with Crippen molar-refractivity contribution in [3.8, 4) is 22.8 Å². The van der Waals surface area contributed by atoms with Gasteiger partial charge in [0.05, 0.1) is 5.69 Å². The van der Waals surface area contributed by atoms with Crippen LogP contribution in [0, 0.1) is 13.8 Å². The maximum Gasteiger partial charge on any atom is 0.573 e. The zero-order valence-corrected chi connectivity index (χ0v) is 21.7. The second-order valence-electron chi connectivity index (χ2n) is 9.29. The molecule has 0 aliphatic carbocycles. The molecule has 0 saturated carbocycles. The van der Waals surface area contributed by atoms with E-state index >= 15 is 0 Å². The molecule has 0 aliphatic rings. The molecule has 5 rings (SSSR count). The van der Waals surface area contributed by atoms with E-state index in [2.05, 4.69) is 46.1 Å². The van der Waals surface area contributed by atoms with Crippen LogP contribution in [-0.4, -0.2) is 27.0 Å². The van der Waals surface area contributed by atoms with Crippen molar-refractivity contribution >= 4 is 11.6 Å². The van der Waals surface area contributed by atoms with Crippen LogP contribution in [0.3, 0.4) is 0 Å². The predicted octanol–water partition coefficient (Wildman–Crippen LogP) is 7.29. The summed E-state index contributed by atoms with van der Waals surface area (Å²) < 4.78 is 42.5. The number of nitrogens with zero attached hydrogens (tertiary/aromatic N) is 3. The molecule has 202 valence electrons. The van der Waals surface area contributed by atoms with E-state index in [4.69, 9.17) is 0 Å². The first-order valence-corrected chi connectivity index (χ1v) is 12.5. The molecule has 9 heteroatoms. The molecule has 1 amide bonds. The second-order valence-corrected chi connectivity index (χ2v) is 9.29. The van der Waals surface area contributed by atoms with Gasteiger partial charge in [-0.2, -0.15) is 0 Å². The van der Waals surface area contributed by atoms with Gasteiger partial charge in [-0.15, -0.1) is 18.3 Å². The van der Waals surface area contributed by atoms with E-state index in [0.717, 1.165) is 5.56 Å². The highest BCUT2D eigenvalue weighted by molar-refractivity contribution is 6.05. The van der Waals surface area contributed by atoms with Crippen molar-refractivity contribution in [2.45, 2.75) is 26.6 Å². The number of alkyl halides is 3. The fourth-order valence-corrected chi connectivity index (χ4v) is 4.44. The minimum Gasteiger partial charge on any atom is -0.406 e. The van der Waals surface area contributed by atoms with E-state index in [1.54, 1.807) is 24.3 Å². The average Bonchev–Trinajstić information content (AvgIpc) is 3.41. The van der Waals surface area contributed by atoms with Gasteiger partial charge < -0.3 is 10.1 Å². The van der Waals surface area contributed by atoms with Crippen molar-refractivity contribution in [2.24, 2.45) is 0 Å². The van der Waals surface area contributed by atoms with Crippen molar-refractivity contribution in [1.29, 1.82) is 0 Å². The first kappa shape index (κ1) is 26.7. The van der Waals surface area contributed by atoms with Crippen LogP contribution in [0.1, 0.15) is 32.6 Å². The minimum absolute atomic E-state index is 0.199. The van der Waals surface area contributed by atoms with Crippen molar-refractivity contribution in [1.82, 2.24) is 14.8 Å². The highest BCUT2D eigenvalue weighted by Gasteiger charge is 2.31. The van der Waals surface area contributed by atoms with E-state index in [0.29, 0.717) is 34.7 Å². The monoisotopic (exact) mass is 542 g/mol. The van der Waals surface area contributed by atoms with Crippen LogP contribution in [0.4, 0.5) is 18.9 Å². The van der Waals surface area contributed by atoms with Crippen LogP contribution in [0.15, 0.2) is 97.3 Å². The zero-order valence-electron chi connectivity index (χ0n) is 21.7. The Labute approximate surface area is 229 Å². The topological polar surface area (TPSA) is 69.0 Å². The van der Waals surface area contributed by atoms with Crippen molar-refractivity contribution < 1.29 is 22.7 Å². The van der Waals surface area contributed by atoms with Crippen LogP contribution in [0.2, 0.25) is 0 Å². The molecule has 0 aliphatic heterocycles. The van der Waals surface area contributed by atoms with Crippen LogP contribution in [0.25, 0.3) is 17.1 Å². The number of hydrogen-bond acceptors (Lipinski definition) is 4. The number of ether oxygens (including phenoxy) is 1. The van der Waals surface area contributed by atoms with Gasteiger partial charge in [0.15, 0.2) is 5.82 Å². The molecule has 1 heterocycles. The molecule has 0 spiro atoms. The van der Waals surface area contributed by atoms with Gasteiger partial charge in [0, 0.05) is 16.8 Å². The Balaban J connectivity index is 1.28. The van der Waals surface area contributed by atoms with E-state index < -0.39 is 6.36 Å². The lowest BCUT2D eigenvalue weighted by Crippen LogP contribution is -2.17. The van der Waals surface area contributed by atoms with Crippen molar-refractivity contribution in [3.05, 3.63) is 125 Å². The molecule has 0 bridgehead atoms. The van der Waals surface area contributed by atoms with Crippen molar-refractivity contribution in [2.75, 3.05) is 5.32 Å². The first-order chi connectivity index (χ1) is 19.2. The number of nitrogens with one attached hydrogen (secondary N) is 1. The number of halogens is 3.